The van der Waals surface area contributed by atoms with E-state index in [0.29, 0.717) is 5.82 Å². The van der Waals surface area contributed by atoms with Crippen molar-refractivity contribution in [3.8, 4) is 6.07 Å². The number of aromatic nitrogens is 1. The summed E-state index contributed by atoms with van der Waals surface area (Å²) in [6, 6.07) is 5.35. The minimum atomic E-state index is -0.679. The molecule has 0 saturated heterocycles. The molecule has 0 atom stereocenters. The predicted octanol–water partition coefficient (Wildman–Crippen LogP) is 1.38. The smallest absolute Gasteiger partial charge is 0.350 e. The molecule has 1 aromatic rings. The Morgan fingerprint density at radius 3 is 2.88 bits per heavy atom. The van der Waals surface area contributed by atoms with Crippen molar-refractivity contribution in [3.63, 3.8) is 0 Å². The van der Waals surface area contributed by atoms with Gasteiger partial charge < -0.3 is 10.1 Å². The Hall–Kier alpha value is -2.35. The van der Waals surface area contributed by atoms with Gasteiger partial charge in [0.05, 0.1) is 7.11 Å². The maximum absolute atomic E-state index is 11.0. The topological polar surface area (TPSA) is 75.0 Å². The molecule has 0 fully saturated rings. The highest BCUT2D eigenvalue weighted by atomic mass is 16.5. The van der Waals surface area contributed by atoms with Crippen LogP contribution in [-0.2, 0) is 9.53 Å². The monoisotopic (exact) mass is 217 g/mol. The number of aryl methyl sites for hydroxylation is 1. The first-order valence-corrected chi connectivity index (χ1v) is 4.55. The summed E-state index contributed by atoms with van der Waals surface area (Å²) in [6.07, 6.45) is 2.95. The van der Waals surface area contributed by atoms with Gasteiger partial charge in [0.25, 0.3) is 0 Å². The summed E-state index contributed by atoms with van der Waals surface area (Å²) in [4.78, 5) is 15.1. The van der Waals surface area contributed by atoms with Crippen LogP contribution < -0.4 is 5.32 Å². The second-order valence-corrected chi connectivity index (χ2v) is 3.03. The Kier molecular flexibility index (Phi) is 4.04. The fourth-order valence-electron chi connectivity index (χ4n) is 0.946. The van der Waals surface area contributed by atoms with E-state index < -0.39 is 5.97 Å². The summed E-state index contributed by atoms with van der Waals surface area (Å²) in [5.41, 5.74) is 0.924. The molecular formula is C11H11N3O2. The maximum Gasteiger partial charge on any atom is 0.350 e. The summed E-state index contributed by atoms with van der Waals surface area (Å²) in [7, 11) is 1.22. The van der Waals surface area contributed by atoms with Crippen LogP contribution in [0.5, 0.6) is 0 Å². The van der Waals surface area contributed by atoms with Crippen LogP contribution in [0.3, 0.4) is 0 Å². The molecule has 0 aliphatic rings. The Labute approximate surface area is 93.4 Å². The van der Waals surface area contributed by atoms with Gasteiger partial charge in [-0.3, -0.25) is 0 Å². The lowest BCUT2D eigenvalue weighted by Crippen LogP contribution is -2.05. The molecule has 1 N–H and O–H groups in total. The number of hydrogen-bond donors (Lipinski definition) is 1. The normalized spacial score (nSPS) is 10.4. The lowest BCUT2D eigenvalue weighted by Gasteiger charge is -2.00. The van der Waals surface area contributed by atoms with Crippen LogP contribution in [0.4, 0.5) is 5.82 Å². The zero-order valence-corrected chi connectivity index (χ0v) is 9.02. The van der Waals surface area contributed by atoms with E-state index in [2.05, 4.69) is 15.0 Å². The zero-order chi connectivity index (χ0) is 12.0. The average molecular weight is 217 g/mol. The number of pyridine rings is 1. The molecule has 82 valence electrons. The summed E-state index contributed by atoms with van der Waals surface area (Å²) in [6.45, 7) is 1.92. The number of esters is 1. The number of hydrogen-bond acceptors (Lipinski definition) is 5. The standard InChI is InChI=1S/C11H11N3O2/c1-8-3-4-10(13-6-8)14-7-9(5-12)11(15)16-2/h3-4,6-7H,1-2H3,(H,13,14)/b9-7+. The summed E-state index contributed by atoms with van der Waals surface area (Å²) >= 11 is 0. The van der Waals surface area contributed by atoms with Crippen LogP contribution in [0.25, 0.3) is 0 Å². The molecule has 5 nitrogen and oxygen atoms in total. The summed E-state index contributed by atoms with van der Waals surface area (Å²) in [5, 5.41) is 11.4. The molecule has 5 heteroatoms. The van der Waals surface area contributed by atoms with Crippen molar-refractivity contribution in [3.05, 3.63) is 35.7 Å². The molecular weight excluding hydrogens is 206 g/mol. The molecule has 0 spiro atoms. The lowest BCUT2D eigenvalue weighted by atomic mass is 10.3. The fourth-order valence-corrected chi connectivity index (χ4v) is 0.946. The number of nitrogens with zero attached hydrogens (tertiary/aromatic N) is 2. The number of nitriles is 1. The molecule has 1 heterocycles. The van der Waals surface area contributed by atoms with Crippen molar-refractivity contribution in [2.75, 3.05) is 12.4 Å². The molecule has 0 saturated carbocycles. The number of carbonyl (C=O) groups excluding carboxylic acids is 1. The first kappa shape index (κ1) is 11.7. The van der Waals surface area contributed by atoms with Crippen LogP contribution in [0.2, 0.25) is 0 Å². The molecule has 0 aromatic carbocycles. The maximum atomic E-state index is 11.0. The largest absolute Gasteiger partial charge is 0.465 e. The summed E-state index contributed by atoms with van der Waals surface area (Å²) in [5.74, 6) is -0.121. The van der Waals surface area contributed by atoms with E-state index in [1.54, 1.807) is 18.3 Å². The Bertz CT molecular complexity index is 443. The van der Waals surface area contributed by atoms with Crippen LogP contribution in [-0.4, -0.2) is 18.1 Å². The van der Waals surface area contributed by atoms with Gasteiger partial charge in [-0.1, -0.05) is 6.07 Å². The third kappa shape index (κ3) is 3.10. The number of carbonyl (C=O) groups is 1. The first-order valence-electron chi connectivity index (χ1n) is 4.55. The third-order valence-corrected chi connectivity index (χ3v) is 1.80. The van der Waals surface area contributed by atoms with Gasteiger partial charge in [-0.05, 0) is 18.6 Å². The fraction of sp³-hybridized carbons (Fsp3) is 0.182. The van der Waals surface area contributed by atoms with E-state index in [-0.39, 0.29) is 5.57 Å². The Morgan fingerprint density at radius 1 is 1.62 bits per heavy atom. The van der Waals surface area contributed by atoms with Gasteiger partial charge in [-0.15, -0.1) is 0 Å². The SMILES string of the molecule is COC(=O)/C(C#N)=C/Nc1ccc(C)cn1. The van der Waals surface area contributed by atoms with E-state index in [1.807, 2.05) is 13.0 Å². The highest BCUT2D eigenvalue weighted by molar-refractivity contribution is 5.92. The zero-order valence-electron chi connectivity index (χ0n) is 9.02. The van der Waals surface area contributed by atoms with Crippen LogP contribution >= 0.6 is 0 Å². The molecule has 0 amide bonds. The highest BCUT2D eigenvalue weighted by Crippen LogP contribution is 2.05. The molecule has 0 aliphatic carbocycles. The number of nitrogens with one attached hydrogen (secondary N) is 1. The lowest BCUT2D eigenvalue weighted by molar-refractivity contribution is -0.135. The Morgan fingerprint density at radius 2 is 2.38 bits per heavy atom. The van der Waals surface area contributed by atoms with Gasteiger partial charge >= 0.3 is 5.97 Å². The quantitative estimate of drug-likeness (QED) is 0.470. The van der Waals surface area contributed by atoms with Crippen LogP contribution in [0, 0.1) is 18.3 Å². The van der Waals surface area contributed by atoms with Gasteiger partial charge in [0.15, 0.2) is 5.57 Å². The molecule has 0 aliphatic heterocycles. The average Bonchev–Trinajstić information content (AvgIpc) is 2.31. The van der Waals surface area contributed by atoms with Gasteiger partial charge in [0, 0.05) is 12.4 Å². The number of methoxy groups -OCH3 is 1. The van der Waals surface area contributed by atoms with E-state index in [0.717, 1.165) is 5.56 Å². The van der Waals surface area contributed by atoms with E-state index >= 15 is 0 Å². The molecule has 1 aromatic heterocycles. The van der Waals surface area contributed by atoms with Crippen molar-refractivity contribution < 1.29 is 9.53 Å². The van der Waals surface area contributed by atoms with E-state index in [1.165, 1.54) is 13.3 Å². The van der Waals surface area contributed by atoms with Crippen molar-refractivity contribution in [2.24, 2.45) is 0 Å². The van der Waals surface area contributed by atoms with Crippen molar-refractivity contribution >= 4 is 11.8 Å². The number of rotatable bonds is 3. The van der Waals surface area contributed by atoms with Gasteiger partial charge in [0.1, 0.15) is 11.9 Å². The predicted molar refractivity (Wildman–Crippen MR) is 58.3 cm³/mol. The van der Waals surface area contributed by atoms with Gasteiger partial charge in [-0.25, -0.2) is 9.78 Å². The second kappa shape index (κ2) is 5.51. The molecule has 0 bridgehead atoms. The van der Waals surface area contributed by atoms with Gasteiger partial charge in [0.2, 0.25) is 0 Å². The van der Waals surface area contributed by atoms with E-state index in [9.17, 15) is 4.79 Å². The molecule has 0 radical (unpaired) electrons. The first-order chi connectivity index (χ1) is 7.67. The van der Waals surface area contributed by atoms with Gasteiger partial charge in [-0.2, -0.15) is 5.26 Å². The minimum Gasteiger partial charge on any atom is -0.465 e. The number of ether oxygens (including phenoxy) is 1. The highest BCUT2D eigenvalue weighted by Gasteiger charge is 2.07. The van der Waals surface area contributed by atoms with E-state index in [4.69, 9.17) is 5.26 Å². The second-order valence-electron chi connectivity index (χ2n) is 3.03. The number of anilines is 1. The van der Waals surface area contributed by atoms with Crippen molar-refractivity contribution in [1.82, 2.24) is 4.98 Å². The molecule has 0 unspecified atom stereocenters. The third-order valence-electron chi connectivity index (χ3n) is 1.80. The molecule has 1 rings (SSSR count). The summed E-state index contributed by atoms with van der Waals surface area (Å²) < 4.78 is 4.42. The minimum absolute atomic E-state index is 0.107. The Balaban J connectivity index is 2.75. The van der Waals surface area contributed by atoms with Crippen molar-refractivity contribution in [1.29, 1.82) is 5.26 Å². The van der Waals surface area contributed by atoms with Crippen molar-refractivity contribution in [2.45, 2.75) is 6.92 Å². The molecule has 16 heavy (non-hydrogen) atoms. The van der Waals surface area contributed by atoms with Crippen LogP contribution in [0.1, 0.15) is 5.56 Å². The van der Waals surface area contributed by atoms with Crippen LogP contribution in [0.15, 0.2) is 30.1 Å².